The van der Waals surface area contributed by atoms with Gasteiger partial charge in [-0.2, -0.15) is 0 Å². The van der Waals surface area contributed by atoms with Crippen LogP contribution < -0.4 is 10.6 Å². The number of carbonyl (C=O) groups excluding carboxylic acids is 1. The molecule has 1 fully saturated rings. The normalized spacial score (nSPS) is 20.5. The van der Waals surface area contributed by atoms with E-state index in [1.807, 2.05) is 6.92 Å². The third kappa shape index (κ3) is 3.00. The molecule has 2 rings (SSSR count). The van der Waals surface area contributed by atoms with Crippen LogP contribution in [0.5, 0.6) is 0 Å². The molecule has 1 aromatic rings. The molecule has 4 nitrogen and oxygen atoms in total. The lowest BCUT2D eigenvalue weighted by Crippen LogP contribution is -2.18. The molecule has 5 heteroatoms. The molecule has 2 heterocycles. The highest BCUT2D eigenvalue weighted by molar-refractivity contribution is 7.15. The smallest absolute Gasteiger partial charge is 0.226 e. The van der Waals surface area contributed by atoms with Crippen molar-refractivity contribution in [3.05, 3.63) is 11.1 Å². The summed E-state index contributed by atoms with van der Waals surface area (Å²) in [6.07, 6.45) is 3.48. The maximum absolute atomic E-state index is 11.6. The van der Waals surface area contributed by atoms with Gasteiger partial charge in [-0.3, -0.25) is 4.79 Å². The van der Waals surface area contributed by atoms with Crippen molar-refractivity contribution >= 4 is 22.4 Å². The number of amides is 1. The second-order valence-electron chi connectivity index (χ2n) is 3.89. The van der Waals surface area contributed by atoms with Crippen molar-refractivity contribution in [2.45, 2.75) is 19.8 Å². The zero-order valence-corrected chi connectivity index (χ0v) is 9.56. The molecule has 1 aromatic heterocycles. The van der Waals surface area contributed by atoms with Crippen molar-refractivity contribution in [1.29, 1.82) is 0 Å². The van der Waals surface area contributed by atoms with Gasteiger partial charge >= 0.3 is 0 Å². The summed E-state index contributed by atoms with van der Waals surface area (Å²) in [4.78, 5) is 16.8. The lowest BCUT2D eigenvalue weighted by Gasteiger charge is -2.06. The summed E-state index contributed by atoms with van der Waals surface area (Å²) in [5.74, 6) is 0.573. The van der Waals surface area contributed by atoms with E-state index in [2.05, 4.69) is 15.6 Å². The first-order chi connectivity index (χ1) is 7.24. The monoisotopic (exact) mass is 225 g/mol. The second kappa shape index (κ2) is 4.72. The quantitative estimate of drug-likeness (QED) is 0.817. The molecule has 82 valence electrons. The Labute approximate surface area is 93.1 Å². The third-order valence-corrected chi connectivity index (χ3v) is 3.33. The van der Waals surface area contributed by atoms with E-state index in [0.717, 1.165) is 24.4 Å². The molecular formula is C10H15N3OS. The van der Waals surface area contributed by atoms with Crippen molar-refractivity contribution < 1.29 is 4.79 Å². The first-order valence-electron chi connectivity index (χ1n) is 5.17. The van der Waals surface area contributed by atoms with Crippen LogP contribution in [0.2, 0.25) is 0 Å². The molecule has 1 aliphatic rings. The van der Waals surface area contributed by atoms with E-state index >= 15 is 0 Å². The Morgan fingerprint density at radius 1 is 1.80 bits per heavy atom. The van der Waals surface area contributed by atoms with Crippen molar-refractivity contribution in [2.75, 3.05) is 18.4 Å². The summed E-state index contributed by atoms with van der Waals surface area (Å²) in [6, 6.07) is 0. The molecular weight excluding hydrogens is 210 g/mol. The Hall–Kier alpha value is -0.940. The minimum atomic E-state index is 0.0815. The van der Waals surface area contributed by atoms with E-state index in [-0.39, 0.29) is 5.91 Å². The molecule has 0 bridgehead atoms. The van der Waals surface area contributed by atoms with Crippen LogP contribution in [0.25, 0.3) is 0 Å². The van der Waals surface area contributed by atoms with Crippen molar-refractivity contribution in [3.63, 3.8) is 0 Å². The number of hydrogen-bond donors (Lipinski definition) is 2. The molecule has 0 spiro atoms. The molecule has 1 saturated heterocycles. The first-order valence-corrected chi connectivity index (χ1v) is 5.98. The number of carbonyl (C=O) groups is 1. The summed E-state index contributed by atoms with van der Waals surface area (Å²) < 4.78 is 0. The number of rotatable bonds is 3. The van der Waals surface area contributed by atoms with Crippen LogP contribution >= 0.6 is 11.3 Å². The van der Waals surface area contributed by atoms with Crippen LogP contribution in [0.4, 0.5) is 5.13 Å². The molecule has 2 N–H and O–H groups in total. The Morgan fingerprint density at radius 3 is 3.27 bits per heavy atom. The summed E-state index contributed by atoms with van der Waals surface area (Å²) in [7, 11) is 0. The Kier molecular flexibility index (Phi) is 3.33. The average molecular weight is 225 g/mol. The second-order valence-corrected chi connectivity index (χ2v) is 5.12. The predicted octanol–water partition coefficient (Wildman–Crippen LogP) is 1.39. The van der Waals surface area contributed by atoms with E-state index < -0.39 is 0 Å². The van der Waals surface area contributed by atoms with Crippen molar-refractivity contribution in [3.8, 4) is 0 Å². The molecule has 15 heavy (non-hydrogen) atoms. The minimum absolute atomic E-state index is 0.0815. The van der Waals surface area contributed by atoms with E-state index in [9.17, 15) is 4.79 Å². The topological polar surface area (TPSA) is 54.0 Å². The number of anilines is 1. The van der Waals surface area contributed by atoms with Gasteiger partial charge in [-0.05, 0) is 32.4 Å². The molecule has 0 saturated carbocycles. The SMILES string of the molecule is Cc1cnc(NC(=O)CC2CCNC2)s1. The fourth-order valence-corrected chi connectivity index (χ4v) is 2.41. The number of thiazole rings is 1. The summed E-state index contributed by atoms with van der Waals surface area (Å²) in [6.45, 7) is 3.98. The highest BCUT2D eigenvalue weighted by atomic mass is 32.1. The molecule has 0 aromatic carbocycles. The minimum Gasteiger partial charge on any atom is -0.316 e. The van der Waals surface area contributed by atoms with Gasteiger partial charge < -0.3 is 10.6 Å². The van der Waals surface area contributed by atoms with Crippen LogP contribution in [0.3, 0.4) is 0 Å². The number of aromatic nitrogens is 1. The largest absolute Gasteiger partial charge is 0.316 e. The third-order valence-electron chi connectivity index (χ3n) is 2.50. The molecule has 1 aliphatic heterocycles. The molecule has 1 amide bonds. The molecule has 1 atom stereocenters. The van der Waals surface area contributed by atoms with E-state index in [1.165, 1.54) is 11.3 Å². The highest BCUT2D eigenvalue weighted by Crippen LogP contribution is 2.18. The zero-order valence-electron chi connectivity index (χ0n) is 8.75. The van der Waals surface area contributed by atoms with E-state index in [1.54, 1.807) is 6.20 Å². The van der Waals surface area contributed by atoms with Crippen LogP contribution in [0.15, 0.2) is 6.20 Å². The first kappa shape index (κ1) is 10.6. The van der Waals surface area contributed by atoms with Gasteiger partial charge in [0.2, 0.25) is 5.91 Å². The summed E-state index contributed by atoms with van der Waals surface area (Å²) >= 11 is 1.52. The number of nitrogens with one attached hydrogen (secondary N) is 2. The van der Waals surface area contributed by atoms with Gasteiger partial charge in [-0.15, -0.1) is 11.3 Å². The fraction of sp³-hybridized carbons (Fsp3) is 0.600. The Morgan fingerprint density at radius 2 is 2.67 bits per heavy atom. The van der Waals surface area contributed by atoms with Crippen LogP contribution in [0.1, 0.15) is 17.7 Å². The summed E-state index contributed by atoms with van der Waals surface area (Å²) in [5, 5.41) is 6.79. The van der Waals surface area contributed by atoms with Crippen molar-refractivity contribution in [2.24, 2.45) is 5.92 Å². The van der Waals surface area contributed by atoms with Gasteiger partial charge in [0, 0.05) is 17.5 Å². The molecule has 0 radical (unpaired) electrons. The fourth-order valence-electron chi connectivity index (χ4n) is 1.73. The van der Waals surface area contributed by atoms with Gasteiger partial charge in [0.1, 0.15) is 0 Å². The lowest BCUT2D eigenvalue weighted by atomic mass is 10.1. The number of aryl methyl sites for hydroxylation is 1. The van der Waals surface area contributed by atoms with Gasteiger partial charge in [0.25, 0.3) is 0 Å². The van der Waals surface area contributed by atoms with Crippen LogP contribution in [-0.4, -0.2) is 24.0 Å². The van der Waals surface area contributed by atoms with Gasteiger partial charge in [-0.25, -0.2) is 4.98 Å². The zero-order chi connectivity index (χ0) is 10.7. The maximum atomic E-state index is 11.6. The standard InChI is InChI=1S/C10H15N3OS/c1-7-5-12-10(15-7)13-9(14)4-8-2-3-11-6-8/h5,8,11H,2-4,6H2,1H3,(H,12,13,14). The average Bonchev–Trinajstić information content (AvgIpc) is 2.77. The van der Waals surface area contributed by atoms with Crippen molar-refractivity contribution in [1.82, 2.24) is 10.3 Å². The van der Waals surface area contributed by atoms with E-state index in [4.69, 9.17) is 0 Å². The number of hydrogen-bond acceptors (Lipinski definition) is 4. The summed E-state index contributed by atoms with van der Waals surface area (Å²) in [5.41, 5.74) is 0. The predicted molar refractivity (Wildman–Crippen MR) is 61.1 cm³/mol. The lowest BCUT2D eigenvalue weighted by molar-refractivity contribution is -0.116. The molecule has 0 aliphatic carbocycles. The number of nitrogens with zero attached hydrogens (tertiary/aromatic N) is 1. The Bertz CT molecular complexity index is 344. The van der Waals surface area contributed by atoms with Gasteiger partial charge in [-0.1, -0.05) is 0 Å². The van der Waals surface area contributed by atoms with Crippen LogP contribution in [-0.2, 0) is 4.79 Å². The van der Waals surface area contributed by atoms with Crippen LogP contribution in [0, 0.1) is 12.8 Å². The Balaban J connectivity index is 1.81. The van der Waals surface area contributed by atoms with E-state index in [0.29, 0.717) is 17.5 Å². The maximum Gasteiger partial charge on any atom is 0.226 e. The van der Waals surface area contributed by atoms with Gasteiger partial charge in [0.15, 0.2) is 5.13 Å². The molecule has 1 unspecified atom stereocenters. The highest BCUT2D eigenvalue weighted by Gasteiger charge is 2.18. The van der Waals surface area contributed by atoms with Gasteiger partial charge in [0.05, 0.1) is 0 Å².